The molecule has 2 atom stereocenters. The summed E-state index contributed by atoms with van der Waals surface area (Å²) in [7, 11) is -6.15. The predicted molar refractivity (Wildman–Crippen MR) is 119 cm³/mol. The van der Waals surface area contributed by atoms with Crippen LogP contribution in [0.4, 0.5) is 11.4 Å². The Morgan fingerprint density at radius 2 is 1.09 bits per heavy atom. The summed E-state index contributed by atoms with van der Waals surface area (Å²) < 4.78 is 47.7. The van der Waals surface area contributed by atoms with Crippen LogP contribution in [-0.4, -0.2) is 38.2 Å². The van der Waals surface area contributed by atoms with E-state index in [1.165, 1.54) is 45.9 Å². The van der Waals surface area contributed by atoms with Crippen molar-refractivity contribution in [2.45, 2.75) is 21.6 Å². The molecule has 1 aliphatic heterocycles. The third-order valence-corrected chi connectivity index (χ3v) is 9.26. The van der Waals surface area contributed by atoms with Gasteiger partial charge in [0.1, 0.15) is 0 Å². The minimum Gasteiger partial charge on any atom is -0.258 e. The molecule has 2 unspecified atom stereocenters. The summed E-state index contributed by atoms with van der Waals surface area (Å²) in [5.41, 5.74) is -1.34. The molecule has 3 rings (SSSR count). The summed E-state index contributed by atoms with van der Waals surface area (Å²) in [6.45, 7) is 0. The van der Waals surface area contributed by atoms with Crippen LogP contribution >= 0.6 is 21.6 Å². The Labute approximate surface area is 190 Å². The topological polar surface area (TPSA) is 207 Å². The molecule has 32 heavy (non-hydrogen) atoms. The minimum atomic E-state index is -4.43. The quantitative estimate of drug-likeness (QED) is 0.322. The van der Waals surface area contributed by atoms with E-state index in [0.29, 0.717) is 0 Å². The van der Waals surface area contributed by atoms with Crippen LogP contribution in [0.25, 0.3) is 0 Å². The number of nitro groups is 2. The molecule has 0 spiro atoms. The van der Waals surface area contributed by atoms with Gasteiger partial charge in [0, 0.05) is 34.5 Å². The third-order valence-electron chi connectivity index (χ3n) is 4.90. The number of primary sulfonamides is 2. The maximum atomic E-state index is 11.9. The average molecular weight is 521 g/mol. The summed E-state index contributed by atoms with van der Waals surface area (Å²) in [6.07, 6.45) is 0. The molecule has 1 saturated heterocycles. The zero-order valence-corrected chi connectivity index (χ0v) is 19.2. The van der Waals surface area contributed by atoms with Gasteiger partial charge in [-0.15, -0.1) is 0 Å². The van der Waals surface area contributed by atoms with Crippen LogP contribution in [0.1, 0.15) is 23.0 Å². The first-order valence-electron chi connectivity index (χ1n) is 8.68. The molecule has 0 radical (unpaired) electrons. The van der Waals surface area contributed by atoms with Crippen molar-refractivity contribution in [3.63, 3.8) is 0 Å². The van der Waals surface area contributed by atoms with Gasteiger partial charge in [-0.3, -0.25) is 20.2 Å². The lowest BCUT2D eigenvalue weighted by Gasteiger charge is -2.31. The Kier molecular flexibility index (Phi) is 6.83. The van der Waals surface area contributed by atoms with E-state index in [1.54, 1.807) is 0 Å². The molecule has 1 aliphatic rings. The second kappa shape index (κ2) is 8.95. The van der Waals surface area contributed by atoms with Crippen LogP contribution < -0.4 is 10.3 Å². The minimum absolute atomic E-state index is 0.0367. The number of para-hydroxylation sites is 2. The molecule has 1 fully saturated rings. The summed E-state index contributed by atoms with van der Waals surface area (Å²) in [5.74, 6) is -0.974. The van der Waals surface area contributed by atoms with Crippen LogP contribution in [0, 0.1) is 20.2 Å². The number of sulfonamides is 2. The SMILES string of the molecule is NS(=O)(=O)c1cccc(C2CSSCC2c2cccc(S(N)(=O)=O)c2[N+](=O)[O-])c1[N+](=O)[O-]. The summed E-state index contributed by atoms with van der Waals surface area (Å²) in [4.78, 5) is 20.6. The molecule has 0 amide bonds. The van der Waals surface area contributed by atoms with Gasteiger partial charge in [0.2, 0.25) is 20.0 Å². The van der Waals surface area contributed by atoms with Gasteiger partial charge in [0.15, 0.2) is 9.79 Å². The van der Waals surface area contributed by atoms with Gasteiger partial charge < -0.3 is 0 Å². The second-order valence-corrected chi connectivity index (χ2v) is 12.4. The molecule has 0 aromatic heterocycles. The summed E-state index contributed by atoms with van der Waals surface area (Å²) in [5, 5.41) is 33.9. The molecular weight excluding hydrogens is 504 g/mol. The first-order chi connectivity index (χ1) is 14.8. The lowest BCUT2D eigenvalue weighted by molar-refractivity contribution is -0.389. The number of rotatable bonds is 6. The van der Waals surface area contributed by atoms with E-state index in [0.717, 1.165) is 12.1 Å². The Morgan fingerprint density at radius 3 is 1.38 bits per heavy atom. The Balaban J connectivity index is 2.29. The highest BCUT2D eigenvalue weighted by Gasteiger charge is 2.40. The van der Waals surface area contributed by atoms with E-state index in [1.807, 2.05) is 0 Å². The monoisotopic (exact) mass is 520 g/mol. The number of nitro benzene ring substituents is 2. The number of nitrogens with two attached hydrogens (primary N) is 2. The van der Waals surface area contributed by atoms with Crippen LogP contribution in [0.2, 0.25) is 0 Å². The molecule has 16 heteroatoms. The fourth-order valence-corrected chi connectivity index (χ4v) is 7.84. The largest absolute Gasteiger partial charge is 0.292 e. The zero-order chi connectivity index (χ0) is 23.8. The van der Waals surface area contributed by atoms with E-state index in [-0.39, 0.29) is 22.6 Å². The molecule has 0 bridgehead atoms. The molecule has 4 N–H and O–H groups in total. The molecule has 2 aromatic carbocycles. The van der Waals surface area contributed by atoms with Crippen molar-refractivity contribution in [1.29, 1.82) is 0 Å². The van der Waals surface area contributed by atoms with Gasteiger partial charge in [0.25, 0.3) is 11.4 Å². The first kappa shape index (κ1) is 24.4. The van der Waals surface area contributed by atoms with Crippen molar-refractivity contribution >= 4 is 53.0 Å². The lowest BCUT2D eigenvalue weighted by atomic mass is 9.82. The van der Waals surface area contributed by atoms with Crippen LogP contribution in [0.5, 0.6) is 0 Å². The van der Waals surface area contributed by atoms with Crippen molar-refractivity contribution < 1.29 is 26.7 Å². The molecular formula is C16H16N4O8S4. The van der Waals surface area contributed by atoms with Gasteiger partial charge in [-0.1, -0.05) is 45.9 Å². The van der Waals surface area contributed by atoms with Gasteiger partial charge in [-0.25, -0.2) is 27.1 Å². The van der Waals surface area contributed by atoms with Crippen molar-refractivity contribution in [1.82, 2.24) is 0 Å². The van der Waals surface area contributed by atoms with E-state index in [9.17, 15) is 37.1 Å². The molecule has 0 saturated carbocycles. The number of benzene rings is 2. The second-order valence-electron chi connectivity index (χ2n) is 6.77. The van der Waals surface area contributed by atoms with E-state index in [4.69, 9.17) is 10.3 Å². The van der Waals surface area contributed by atoms with Gasteiger partial charge >= 0.3 is 0 Å². The smallest absolute Gasteiger partial charge is 0.258 e. The summed E-state index contributed by atoms with van der Waals surface area (Å²) in [6, 6.07) is 7.38. The highest BCUT2D eigenvalue weighted by Crippen LogP contribution is 2.51. The Hall–Kier alpha value is -2.24. The van der Waals surface area contributed by atoms with Crippen molar-refractivity contribution in [3.05, 3.63) is 67.8 Å². The first-order valence-corrected chi connectivity index (χ1v) is 14.3. The van der Waals surface area contributed by atoms with Gasteiger partial charge in [-0.05, 0) is 12.1 Å². The number of hydrogen-bond donors (Lipinski definition) is 2. The van der Waals surface area contributed by atoms with E-state index in [2.05, 4.69) is 0 Å². The Bertz CT molecular complexity index is 1210. The van der Waals surface area contributed by atoms with Crippen molar-refractivity contribution in [2.24, 2.45) is 10.3 Å². The number of hydrogen-bond acceptors (Lipinski definition) is 10. The Morgan fingerprint density at radius 1 is 0.750 bits per heavy atom. The highest BCUT2D eigenvalue weighted by atomic mass is 33.1. The van der Waals surface area contributed by atoms with Crippen LogP contribution in [0.15, 0.2) is 46.2 Å². The lowest BCUT2D eigenvalue weighted by Crippen LogP contribution is -2.23. The predicted octanol–water partition coefficient (Wildman–Crippen LogP) is 2.06. The fraction of sp³-hybridized carbons (Fsp3) is 0.250. The van der Waals surface area contributed by atoms with Crippen LogP contribution in [0.3, 0.4) is 0 Å². The third kappa shape index (κ3) is 4.74. The summed E-state index contributed by atoms with van der Waals surface area (Å²) >= 11 is 0. The normalized spacial score (nSPS) is 19.4. The van der Waals surface area contributed by atoms with Gasteiger partial charge in [-0.2, -0.15) is 0 Å². The average Bonchev–Trinajstić information content (AvgIpc) is 2.71. The fourth-order valence-electron chi connectivity index (χ4n) is 3.62. The van der Waals surface area contributed by atoms with E-state index >= 15 is 0 Å². The van der Waals surface area contributed by atoms with Gasteiger partial charge in [0.05, 0.1) is 9.85 Å². The maximum Gasteiger partial charge on any atom is 0.292 e. The molecule has 1 heterocycles. The number of nitrogens with zero attached hydrogens (tertiary/aromatic N) is 2. The molecule has 2 aromatic rings. The maximum absolute atomic E-state index is 11.9. The molecule has 172 valence electrons. The molecule has 0 aliphatic carbocycles. The van der Waals surface area contributed by atoms with Crippen molar-refractivity contribution in [2.75, 3.05) is 11.5 Å². The van der Waals surface area contributed by atoms with E-state index < -0.39 is 62.9 Å². The van der Waals surface area contributed by atoms with Crippen LogP contribution in [-0.2, 0) is 20.0 Å². The zero-order valence-electron chi connectivity index (χ0n) is 16.0. The van der Waals surface area contributed by atoms with Crippen molar-refractivity contribution in [3.8, 4) is 0 Å². The molecule has 12 nitrogen and oxygen atoms in total. The highest BCUT2D eigenvalue weighted by molar-refractivity contribution is 8.76. The standard InChI is InChI=1S/C16H16N4O8S4/c17-31(25,26)13-5-1-3-9(15(13)19(21)22)11-7-29-30-8-12(11)10-4-2-6-14(32(18,27)28)16(10)20(23)24/h1-6,11-12H,7-8H2,(H2,17,25,26)(H2,18,27,28).